The van der Waals surface area contributed by atoms with Gasteiger partial charge in [-0.3, -0.25) is 0 Å². The van der Waals surface area contributed by atoms with Crippen LogP contribution in [0.15, 0.2) is 218 Å². The Hall–Kier alpha value is -7.16. The van der Waals surface area contributed by atoms with Gasteiger partial charge >= 0.3 is 0 Å². The zero-order chi connectivity index (χ0) is 35.8. The van der Waals surface area contributed by atoms with Gasteiger partial charge in [-0.15, -0.1) is 0 Å². The highest BCUT2D eigenvalue weighted by atomic mass is 15.1. The molecule has 1 aromatic heterocycles. The molecule has 2 nitrogen and oxygen atoms in total. The van der Waals surface area contributed by atoms with Crippen molar-refractivity contribution >= 4 is 49.6 Å². The molecule has 0 aliphatic heterocycles. The van der Waals surface area contributed by atoms with Gasteiger partial charge < -0.3 is 9.47 Å². The molecule has 254 valence electrons. The molecule has 0 aliphatic rings. The minimum Gasteiger partial charge on any atom is -0.310 e. The molecule has 1 heterocycles. The number of fused-ring (bicyclic) bond motifs is 4. The summed E-state index contributed by atoms with van der Waals surface area (Å²) in [6.07, 6.45) is 0. The van der Waals surface area contributed by atoms with Crippen LogP contribution in [0.3, 0.4) is 0 Å². The molecule has 2 heteroatoms. The van der Waals surface area contributed by atoms with Crippen LogP contribution in [0.5, 0.6) is 0 Å². The first-order chi connectivity index (χ1) is 26.8. The molecule has 0 aliphatic carbocycles. The average molecular weight is 689 g/mol. The summed E-state index contributed by atoms with van der Waals surface area (Å²) in [5, 5.41) is 4.88. The maximum Gasteiger partial charge on any atom is 0.0562 e. The smallest absolute Gasteiger partial charge is 0.0562 e. The molecule has 0 unspecified atom stereocenters. The van der Waals surface area contributed by atoms with Crippen molar-refractivity contribution in [3.63, 3.8) is 0 Å². The fourth-order valence-electron chi connectivity index (χ4n) is 8.10. The molecule has 0 saturated carbocycles. The minimum atomic E-state index is 1.10. The van der Waals surface area contributed by atoms with E-state index in [2.05, 4.69) is 228 Å². The molecule has 9 aromatic carbocycles. The standard InChI is InChI=1S/C52H36N2/c1-4-16-37(17-5-1)39-30-33-43(34-31-39)53(42-22-8-3-9-23-42)49-28-15-29-50-52(49)47-25-12-13-27-48(47)54(50)51-36-41(38-18-6-2-7-19-38)32-35-46(51)45-26-14-21-40-20-10-11-24-44(40)45/h1-36H. The fraction of sp³-hybridized carbons (Fsp3) is 0. The van der Waals surface area contributed by atoms with Gasteiger partial charge in [-0.05, 0) is 87.1 Å². The Kier molecular flexibility index (Phi) is 7.85. The highest BCUT2D eigenvalue weighted by Crippen LogP contribution is 2.46. The number of hydrogen-bond donors (Lipinski definition) is 0. The van der Waals surface area contributed by atoms with E-state index in [0.717, 1.165) is 28.3 Å². The largest absolute Gasteiger partial charge is 0.310 e. The topological polar surface area (TPSA) is 8.17 Å². The van der Waals surface area contributed by atoms with Gasteiger partial charge in [0.2, 0.25) is 0 Å². The summed E-state index contributed by atoms with van der Waals surface area (Å²) >= 11 is 0. The van der Waals surface area contributed by atoms with Crippen molar-refractivity contribution in [2.75, 3.05) is 4.90 Å². The van der Waals surface area contributed by atoms with Crippen LogP contribution in [0.4, 0.5) is 17.1 Å². The Morgan fingerprint density at radius 1 is 0.333 bits per heavy atom. The normalized spacial score (nSPS) is 11.3. The SMILES string of the molecule is c1ccc(-c2ccc(N(c3ccccc3)c3cccc4c3c3ccccc3n4-c3cc(-c4ccccc4)ccc3-c3cccc4ccccc34)cc2)cc1. The summed E-state index contributed by atoms with van der Waals surface area (Å²) in [4.78, 5) is 2.40. The third-order valence-electron chi connectivity index (χ3n) is 10.6. The lowest BCUT2D eigenvalue weighted by Gasteiger charge is -2.27. The Morgan fingerprint density at radius 2 is 0.870 bits per heavy atom. The van der Waals surface area contributed by atoms with Crippen LogP contribution in [0, 0.1) is 0 Å². The summed E-state index contributed by atoms with van der Waals surface area (Å²) < 4.78 is 2.49. The maximum atomic E-state index is 2.49. The van der Waals surface area contributed by atoms with Crippen molar-refractivity contribution in [2.24, 2.45) is 0 Å². The summed E-state index contributed by atoms with van der Waals surface area (Å²) in [5.41, 5.74) is 14.0. The predicted molar refractivity (Wildman–Crippen MR) is 229 cm³/mol. The third kappa shape index (κ3) is 5.44. The van der Waals surface area contributed by atoms with Crippen molar-refractivity contribution in [2.45, 2.75) is 0 Å². The second kappa shape index (κ2) is 13.4. The number of para-hydroxylation sites is 2. The van der Waals surface area contributed by atoms with Crippen molar-refractivity contribution in [3.05, 3.63) is 218 Å². The first-order valence-electron chi connectivity index (χ1n) is 18.5. The van der Waals surface area contributed by atoms with Gasteiger partial charge in [0, 0.05) is 27.7 Å². The van der Waals surface area contributed by atoms with Crippen molar-refractivity contribution in [1.82, 2.24) is 4.57 Å². The van der Waals surface area contributed by atoms with Gasteiger partial charge in [0.15, 0.2) is 0 Å². The first-order valence-corrected chi connectivity index (χ1v) is 18.5. The van der Waals surface area contributed by atoms with Gasteiger partial charge in [-0.1, -0.05) is 170 Å². The van der Waals surface area contributed by atoms with Crippen LogP contribution in [0.25, 0.3) is 71.6 Å². The molecule has 0 radical (unpaired) electrons. The second-order valence-electron chi connectivity index (χ2n) is 13.7. The Labute approximate surface area is 315 Å². The van der Waals surface area contributed by atoms with E-state index in [9.17, 15) is 0 Å². The lowest BCUT2D eigenvalue weighted by atomic mass is 9.94. The van der Waals surface area contributed by atoms with Crippen LogP contribution in [-0.4, -0.2) is 4.57 Å². The maximum absolute atomic E-state index is 2.49. The van der Waals surface area contributed by atoms with E-state index in [1.807, 2.05) is 0 Å². The Morgan fingerprint density at radius 3 is 1.63 bits per heavy atom. The Balaban J connectivity index is 1.25. The number of hydrogen-bond acceptors (Lipinski definition) is 1. The average Bonchev–Trinajstić information content (AvgIpc) is 3.59. The molecule has 0 saturated heterocycles. The van der Waals surface area contributed by atoms with Crippen molar-refractivity contribution < 1.29 is 0 Å². The van der Waals surface area contributed by atoms with Crippen LogP contribution >= 0.6 is 0 Å². The molecule has 10 aromatic rings. The molecule has 0 amide bonds. The van der Waals surface area contributed by atoms with Crippen molar-refractivity contribution in [3.8, 4) is 39.1 Å². The molecule has 0 bridgehead atoms. The van der Waals surface area contributed by atoms with Crippen LogP contribution in [0.1, 0.15) is 0 Å². The minimum absolute atomic E-state index is 1.10. The molecule has 54 heavy (non-hydrogen) atoms. The van der Waals surface area contributed by atoms with Crippen LogP contribution in [-0.2, 0) is 0 Å². The van der Waals surface area contributed by atoms with Gasteiger partial charge in [-0.2, -0.15) is 0 Å². The zero-order valence-electron chi connectivity index (χ0n) is 29.7. The van der Waals surface area contributed by atoms with Crippen molar-refractivity contribution in [1.29, 1.82) is 0 Å². The molecule has 0 spiro atoms. The number of rotatable bonds is 7. The van der Waals surface area contributed by atoms with Crippen LogP contribution < -0.4 is 4.90 Å². The monoisotopic (exact) mass is 688 g/mol. The predicted octanol–water partition coefficient (Wildman–Crippen LogP) is 14.4. The molecule has 0 fully saturated rings. The van der Waals surface area contributed by atoms with Gasteiger partial charge in [0.25, 0.3) is 0 Å². The molecular weight excluding hydrogens is 653 g/mol. The molecule has 0 N–H and O–H groups in total. The molecule has 10 rings (SSSR count). The molecule has 0 atom stereocenters. The summed E-state index contributed by atoms with van der Waals surface area (Å²) in [5.74, 6) is 0. The number of benzene rings is 9. The van der Waals surface area contributed by atoms with Crippen LogP contribution in [0.2, 0.25) is 0 Å². The highest BCUT2D eigenvalue weighted by Gasteiger charge is 2.23. The lowest BCUT2D eigenvalue weighted by Crippen LogP contribution is -2.10. The summed E-state index contributed by atoms with van der Waals surface area (Å²) in [6, 6.07) is 78.9. The number of nitrogens with zero attached hydrogens (tertiary/aromatic N) is 2. The third-order valence-corrected chi connectivity index (χ3v) is 10.6. The lowest BCUT2D eigenvalue weighted by molar-refractivity contribution is 1.18. The van der Waals surface area contributed by atoms with E-state index in [1.165, 1.54) is 60.4 Å². The fourth-order valence-corrected chi connectivity index (χ4v) is 8.10. The Bertz CT molecular complexity index is 2900. The highest BCUT2D eigenvalue weighted by molar-refractivity contribution is 6.17. The first kappa shape index (κ1) is 31.6. The van der Waals surface area contributed by atoms with E-state index in [1.54, 1.807) is 0 Å². The summed E-state index contributed by atoms with van der Waals surface area (Å²) in [6.45, 7) is 0. The van der Waals surface area contributed by atoms with E-state index >= 15 is 0 Å². The van der Waals surface area contributed by atoms with Gasteiger partial charge in [-0.25, -0.2) is 0 Å². The zero-order valence-corrected chi connectivity index (χ0v) is 29.7. The number of aromatic nitrogens is 1. The van der Waals surface area contributed by atoms with Gasteiger partial charge in [0.1, 0.15) is 0 Å². The van der Waals surface area contributed by atoms with E-state index in [0.29, 0.717) is 0 Å². The number of anilines is 3. The second-order valence-corrected chi connectivity index (χ2v) is 13.7. The van der Waals surface area contributed by atoms with Gasteiger partial charge in [0.05, 0.1) is 22.4 Å². The van der Waals surface area contributed by atoms with E-state index < -0.39 is 0 Å². The summed E-state index contributed by atoms with van der Waals surface area (Å²) in [7, 11) is 0. The van der Waals surface area contributed by atoms with E-state index in [4.69, 9.17) is 0 Å². The molecular formula is C52H36N2. The van der Waals surface area contributed by atoms with E-state index in [-0.39, 0.29) is 0 Å². The quantitative estimate of drug-likeness (QED) is 0.162.